The molecule has 2 aromatic carbocycles. The fourth-order valence-electron chi connectivity index (χ4n) is 1.93. The van der Waals surface area contributed by atoms with Crippen molar-refractivity contribution in [3.8, 4) is 11.1 Å². The monoisotopic (exact) mass is 258 g/mol. The van der Waals surface area contributed by atoms with Crippen LogP contribution in [0.3, 0.4) is 0 Å². The average Bonchev–Trinajstić information content (AvgIpc) is 2.38. The predicted molar refractivity (Wildman–Crippen MR) is 75.4 cm³/mol. The van der Waals surface area contributed by atoms with Crippen LogP contribution in [0.1, 0.15) is 15.9 Å². The number of carboxylic acids is 1. The van der Waals surface area contributed by atoms with E-state index in [0.717, 1.165) is 21.6 Å². The minimum atomic E-state index is -0.888. The van der Waals surface area contributed by atoms with Gasteiger partial charge < -0.3 is 5.11 Å². The fourth-order valence-corrected chi connectivity index (χ4v) is 2.37. The van der Waals surface area contributed by atoms with Gasteiger partial charge in [-0.25, -0.2) is 4.79 Å². The largest absolute Gasteiger partial charge is 0.478 e. The Hall–Kier alpha value is -1.74. The molecule has 0 aliphatic rings. The lowest BCUT2D eigenvalue weighted by Gasteiger charge is -2.10. The smallest absolute Gasteiger partial charge is 0.336 e. The maximum Gasteiger partial charge on any atom is 0.336 e. The molecule has 0 aliphatic heterocycles. The van der Waals surface area contributed by atoms with Crippen molar-refractivity contribution in [1.82, 2.24) is 0 Å². The molecular formula is C15H14O2S. The van der Waals surface area contributed by atoms with Gasteiger partial charge in [0.15, 0.2) is 0 Å². The van der Waals surface area contributed by atoms with Gasteiger partial charge in [-0.2, -0.15) is 0 Å². The van der Waals surface area contributed by atoms with E-state index < -0.39 is 5.97 Å². The Labute approximate surface area is 111 Å². The van der Waals surface area contributed by atoms with E-state index in [-0.39, 0.29) is 0 Å². The van der Waals surface area contributed by atoms with Crippen LogP contribution in [0.15, 0.2) is 47.4 Å². The minimum Gasteiger partial charge on any atom is -0.478 e. The summed E-state index contributed by atoms with van der Waals surface area (Å²) in [6, 6.07) is 13.3. The summed E-state index contributed by atoms with van der Waals surface area (Å²) in [6.07, 6.45) is 1.98. The molecule has 18 heavy (non-hydrogen) atoms. The molecule has 0 heterocycles. The van der Waals surface area contributed by atoms with E-state index in [0.29, 0.717) is 5.56 Å². The molecule has 0 atom stereocenters. The second-order valence-electron chi connectivity index (χ2n) is 4.03. The van der Waals surface area contributed by atoms with Crippen molar-refractivity contribution in [2.75, 3.05) is 6.26 Å². The van der Waals surface area contributed by atoms with Gasteiger partial charge in [0, 0.05) is 4.90 Å². The highest BCUT2D eigenvalue weighted by Gasteiger charge is 2.13. The number of aromatic carboxylic acids is 1. The molecule has 0 bridgehead atoms. The van der Waals surface area contributed by atoms with Gasteiger partial charge in [0.1, 0.15) is 0 Å². The van der Waals surface area contributed by atoms with Gasteiger partial charge in [-0.05, 0) is 48.1 Å². The summed E-state index contributed by atoms with van der Waals surface area (Å²) in [5.74, 6) is -0.888. The molecule has 1 N–H and O–H groups in total. The summed E-state index contributed by atoms with van der Waals surface area (Å²) in [5.41, 5.74) is 3.19. The van der Waals surface area contributed by atoms with Crippen molar-refractivity contribution in [2.45, 2.75) is 11.8 Å². The molecule has 0 amide bonds. The van der Waals surface area contributed by atoms with Crippen LogP contribution in [-0.2, 0) is 0 Å². The van der Waals surface area contributed by atoms with Gasteiger partial charge in [-0.3, -0.25) is 0 Å². The highest BCUT2D eigenvalue weighted by molar-refractivity contribution is 7.98. The van der Waals surface area contributed by atoms with E-state index in [2.05, 4.69) is 0 Å². The van der Waals surface area contributed by atoms with Gasteiger partial charge in [-0.15, -0.1) is 11.8 Å². The third-order valence-electron chi connectivity index (χ3n) is 2.89. The number of aryl methyl sites for hydroxylation is 1. The van der Waals surface area contributed by atoms with Crippen molar-refractivity contribution >= 4 is 17.7 Å². The SMILES string of the molecule is CSc1ccc(C(=O)O)c(-c2ccccc2C)c1. The molecule has 2 nitrogen and oxygen atoms in total. The Morgan fingerprint density at radius 1 is 1.11 bits per heavy atom. The van der Waals surface area contributed by atoms with Crippen molar-refractivity contribution in [2.24, 2.45) is 0 Å². The zero-order chi connectivity index (χ0) is 13.1. The van der Waals surface area contributed by atoms with Crippen molar-refractivity contribution in [1.29, 1.82) is 0 Å². The van der Waals surface area contributed by atoms with Gasteiger partial charge in [0.2, 0.25) is 0 Å². The molecule has 0 aliphatic carbocycles. The number of thioether (sulfide) groups is 1. The quantitative estimate of drug-likeness (QED) is 0.843. The summed E-state index contributed by atoms with van der Waals surface area (Å²) < 4.78 is 0. The average molecular weight is 258 g/mol. The number of carboxylic acid groups (broad SMARTS) is 1. The third-order valence-corrected chi connectivity index (χ3v) is 3.62. The first-order valence-corrected chi connectivity index (χ1v) is 6.83. The van der Waals surface area contributed by atoms with E-state index in [4.69, 9.17) is 0 Å². The second kappa shape index (κ2) is 5.27. The Balaban J connectivity index is 2.68. The molecule has 0 radical (unpaired) electrons. The lowest BCUT2D eigenvalue weighted by Crippen LogP contribution is -2.00. The van der Waals surface area contributed by atoms with Crippen LogP contribution in [0.4, 0.5) is 0 Å². The van der Waals surface area contributed by atoms with E-state index in [1.54, 1.807) is 17.8 Å². The number of rotatable bonds is 3. The van der Waals surface area contributed by atoms with Crippen molar-refractivity contribution in [3.05, 3.63) is 53.6 Å². The van der Waals surface area contributed by atoms with Crippen molar-refractivity contribution < 1.29 is 9.90 Å². The number of hydrogen-bond donors (Lipinski definition) is 1. The number of carbonyl (C=O) groups is 1. The normalized spacial score (nSPS) is 10.3. The molecule has 0 saturated carbocycles. The minimum absolute atomic E-state index is 0.349. The summed E-state index contributed by atoms with van der Waals surface area (Å²) in [5, 5.41) is 9.27. The van der Waals surface area contributed by atoms with E-state index in [1.807, 2.05) is 49.6 Å². The summed E-state index contributed by atoms with van der Waals surface area (Å²) in [7, 11) is 0. The van der Waals surface area contributed by atoms with Gasteiger partial charge in [0.05, 0.1) is 5.56 Å². The van der Waals surface area contributed by atoms with Gasteiger partial charge in [0.25, 0.3) is 0 Å². The first-order chi connectivity index (χ1) is 8.63. The standard InChI is InChI=1S/C15H14O2S/c1-10-5-3-4-6-12(10)14-9-11(18-2)7-8-13(14)15(16)17/h3-9H,1-2H3,(H,16,17). The Morgan fingerprint density at radius 3 is 2.44 bits per heavy atom. The van der Waals surface area contributed by atoms with Crippen LogP contribution in [-0.4, -0.2) is 17.3 Å². The second-order valence-corrected chi connectivity index (χ2v) is 4.91. The van der Waals surface area contributed by atoms with Crippen molar-refractivity contribution in [3.63, 3.8) is 0 Å². The summed E-state index contributed by atoms with van der Waals surface area (Å²) in [6.45, 7) is 1.99. The highest BCUT2D eigenvalue weighted by Crippen LogP contribution is 2.30. The lowest BCUT2D eigenvalue weighted by molar-refractivity contribution is 0.0697. The van der Waals surface area contributed by atoms with Crippen LogP contribution in [0.2, 0.25) is 0 Å². The highest BCUT2D eigenvalue weighted by atomic mass is 32.2. The Bertz CT molecular complexity index is 591. The zero-order valence-electron chi connectivity index (χ0n) is 10.3. The fraction of sp³-hybridized carbons (Fsp3) is 0.133. The molecule has 0 unspecified atom stereocenters. The maximum absolute atomic E-state index is 11.3. The predicted octanol–water partition coefficient (Wildman–Crippen LogP) is 4.08. The van der Waals surface area contributed by atoms with E-state index in [1.165, 1.54) is 0 Å². The molecule has 2 rings (SSSR count). The van der Waals surface area contributed by atoms with Crippen LogP contribution in [0, 0.1) is 6.92 Å². The molecule has 0 aromatic heterocycles. The maximum atomic E-state index is 11.3. The van der Waals surface area contributed by atoms with Crippen LogP contribution < -0.4 is 0 Å². The summed E-state index contributed by atoms with van der Waals surface area (Å²) in [4.78, 5) is 12.4. The third kappa shape index (κ3) is 2.41. The molecular weight excluding hydrogens is 244 g/mol. The first-order valence-electron chi connectivity index (χ1n) is 5.61. The van der Waals surface area contributed by atoms with E-state index in [9.17, 15) is 9.90 Å². The van der Waals surface area contributed by atoms with Crippen LogP contribution in [0.5, 0.6) is 0 Å². The van der Waals surface area contributed by atoms with Crippen LogP contribution in [0.25, 0.3) is 11.1 Å². The molecule has 0 fully saturated rings. The number of hydrogen-bond acceptors (Lipinski definition) is 2. The number of benzene rings is 2. The molecule has 0 spiro atoms. The zero-order valence-corrected chi connectivity index (χ0v) is 11.1. The molecule has 0 saturated heterocycles. The van der Waals surface area contributed by atoms with Gasteiger partial charge >= 0.3 is 5.97 Å². The summed E-state index contributed by atoms with van der Waals surface area (Å²) >= 11 is 1.61. The molecule has 92 valence electrons. The Kier molecular flexibility index (Phi) is 3.72. The molecule has 2 aromatic rings. The first kappa shape index (κ1) is 12.7. The topological polar surface area (TPSA) is 37.3 Å². The lowest BCUT2D eigenvalue weighted by atomic mass is 9.96. The molecule has 3 heteroatoms. The van der Waals surface area contributed by atoms with Gasteiger partial charge in [-0.1, -0.05) is 24.3 Å². The van der Waals surface area contributed by atoms with E-state index >= 15 is 0 Å². The van der Waals surface area contributed by atoms with Crippen LogP contribution >= 0.6 is 11.8 Å². The Morgan fingerprint density at radius 2 is 1.83 bits per heavy atom.